The number of hydrogen-bond donors (Lipinski definition) is 0. The summed E-state index contributed by atoms with van der Waals surface area (Å²) in [6, 6.07) is 1.98. The highest BCUT2D eigenvalue weighted by molar-refractivity contribution is 9.10. The highest BCUT2D eigenvalue weighted by Gasteiger charge is 2.09. The lowest BCUT2D eigenvalue weighted by Crippen LogP contribution is -2.03. The first-order chi connectivity index (χ1) is 7.26. The monoisotopic (exact) mass is 287 g/mol. The van der Waals surface area contributed by atoms with Gasteiger partial charge in [0, 0.05) is 29.5 Å². The molecule has 0 aromatic carbocycles. The maximum absolute atomic E-state index is 5.74. The van der Waals surface area contributed by atoms with Gasteiger partial charge in [-0.15, -0.1) is 11.6 Å². The highest BCUT2D eigenvalue weighted by Crippen LogP contribution is 2.18. The van der Waals surface area contributed by atoms with Gasteiger partial charge in [-0.3, -0.25) is 0 Å². The SMILES string of the molecule is CCn1c(CCCl)nc2cc(Br)cnc21. The third kappa shape index (κ3) is 2.01. The molecular weight excluding hydrogens is 277 g/mol. The van der Waals surface area contributed by atoms with Crippen LogP contribution in [0.4, 0.5) is 0 Å². The summed E-state index contributed by atoms with van der Waals surface area (Å²) in [5.41, 5.74) is 1.85. The number of aryl methyl sites for hydroxylation is 2. The summed E-state index contributed by atoms with van der Waals surface area (Å²) in [5, 5.41) is 0. The molecule has 15 heavy (non-hydrogen) atoms. The van der Waals surface area contributed by atoms with E-state index in [1.165, 1.54) is 0 Å². The number of aromatic nitrogens is 3. The number of imidazole rings is 1. The van der Waals surface area contributed by atoms with E-state index < -0.39 is 0 Å². The van der Waals surface area contributed by atoms with Crippen molar-refractivity contribution in [3.63, 3.8) is 0 Å². The topological polar surface area (TPSA) is 30.7 Å². The lowest BCUT2D eigenvalue weighted by Gasteiger charge is -2.02. The van der Waals surface area contributed by atoms with Crippen LogP contribution in [0.2, 0.25) is 0 Å². The molecule has 0 saturated carbocycles. The van der Waals surface area contributed by atoms with E-state index in [4.69, 9.17) is 11.6 Å². The maximum Gasteiger partial charge on any atom is 0.160 e. The number of hydrogen-bond acceptors (Lipinski definition) is 2. The van der Waals surface area contributed by atoms with Crippen LogP contribution >= 0.6 is 27.5 Å². The summed E-state index contributed by atoms with van der Waals surface area (Å²) in [6.45, 7) is 2.96. The highest BCUT2D eigenvalue weighted by atomic mass is 79.9. The van der Waals surface area contributed by atoms with Crippen LogP contribution in [0.3, 0.4) is 0 Å². The van der Waals surface area contributed by atoms with E-state index in [1.807, 2.05) is 6.07 Å². The Bertz CT molecular complexity index is 481. The molecular formula is C10H11BrClN3. The normalized spacial score (nSPS) is 11.1. The van der Waals surface area contributed by atoms with Crippen LogP contribution in [0, 0.1) is 0 Å². The van der Waals surface area contributed by atoms with Crippen molar-refractivity contribution in [2.24, 2.45) is 0 Å². The smallest absolute Gasteiger partial charge is 0.160 e. The van der Waals surface area contributed by atoms with Gasteiger partial charge < -0.3 is 4.57 Å². The molecule has 0 unspecified atom stereocenters. The predicted molar refractivity (Wildman–Crippen MR) is 65.3 cm³/mol. The van der Waals surface area contributed by atoms with Gasteiger partial charge in [0.05, 0.1) is 0 Å². The molecule has 0 aliphatic carbocycles. The van der Waals surface area contributed by atoms with Gasteiger partial charge in [0.1, 0.15) is 11.3 Å². The van der Waals surface area contributed by atoms with Crippen LogP contribution < -0.4 is 0 Å². The van der Waals surface area contributed by atoms with Crippen LogP contribution in [-0.4, -0.2) is 20.4 Å². The zero-order valence-corrected chi connectivity index (χ0v) is 10.7. The summed E-state index contributed by atoms with van der Waals surface area (Å²) >= 11 is 9.13. The van der Waals surface area contributed by atoms with Gasteiger partial charge in [0.15, 0.2) is 5.65 Å². The lowest BCUT2D eigenvalue weighted by molar-refractivity contribution is 0.720. The van der Waals surface area contributed by atoms with Gasteiger partial charge in [-0.05, 0) is 28.9 Å². The fourth-order valence-electron chi connectivity index (χ4n) is 1.64. The Morgan fingerprint density at radius 2 is 2.33 bits per heavy atom. The third-order valence-electron chi connectivity index (χ3n) is 2.26. The molecule has 2 aromatic heterocycles. The Kier molecular flexibility index (Phi) is 3.26. The van der Waals surface area contributed by atoms with E-state index in [-0.39, 0.29) is 0 Å². The maximum atomic E-state index is 5.74. The first kappa shape index (κ1) is 10.9. The first-order valence-corrected chi connectivity index (χ1v) is 6.15. The van der Waals surface area contributed by atoms with Gasteiger partial charge in [0.2, 0.25) is 0 Å². The quantitative estimate of drug-likeness (QED) is 0.813. The zero-order valence-electron chi connectivity index (χ0n) is 8.37. The molecule has 0 amide bonds. The second-order valence-electron chi connectivity index (χ2n) is 3.21. The molecule has 3 nitrogen and oxygen atoms in total. The Labute approximate surface area is 102 Å². The minimum atomic E-state index is 0.588. The first-order valence-electron chi connectivity index (χ1n) is 4.83. The average molecular weight is 289 g/mol. The Balaban J connectivity index is 2.62. The minimum Gasteiger partial charge on any atom is -0.313 e. The lowest BCUT2D eigenvalue weighted by atomic mass is 10.4. The largest absolute Gasteiger partial charge is 0.313 e. The summed E-state index contributed by atoms with van der Waals surface area (Å²) in [6.07, 6.45) is 2.57. The van der Waals surface area contributed by atoms with Crippen LogP contribution in [0.15, 0.2) is 16.7 Å². The van der Waals surface area contributed by atoms with Crippen molar-refractivity contribution >= 4 is 38.7 Å². The fraction of sp³-hybridized carbons (Fsp3) is 0.400. The van der Waals surface area contributed by atoms with Crippen molar-refractivity contribution in [3.05, 3.63) is 22.6 Å². The average Bonchev–Trinajstić information content (AvgIpc) is 2.54. The van der Waals surface area contributed by atoms with E-state index >= 15 is 0 Å². The fourth-order valence-corrected chi connectivity index (χ4v) is 2.13. The number of fused-ring (bicyclic) bond motifs is 1. The van der Waals surface area contributed by atoms with Gasteiger partial charge in [-0.1, -0.05) is 0 Å². The summed E-state index contributed by atoms with van der Waals surface area (Å²) in [4.78, 5) is 8.89. The van der Waals surface area contributed by atoms with Gasteiger partial charge in [-0.25, -0.2) is 9.97 Å². The van der Waals surface area contributed by atoms with Crippen LogP contribution in [0.1, 0.15) is 12.7 Å². The van der Waals surface area contributed by atoms with Crippen LogP contribution in [0.5, 0.6) is 0 Å². The standard InChI is InChI=1S/C10H11BrClN3/c1-2-15-9(3-4-12)14-8-5-7(11)6-13-10(8)15/h5-6H,2-4H2,1H3. The Hall–Kier alpha value is -0.610. The molecule has 0 atom stereocenters. The second-order valence-corrected chi connectivity index (χ2v) is 4.50. The summed E-state index contributed by atoms with van der Waals surface area (Å²) < 4.78 is 3.05. The molecule has 2 heterocycles. The molecule has 0 spiro atoms. The summed E-state index contributed by atoms with van der Waals surface area (Å²) in [7, 11) is 0. The second kappa shape index (κ2) is 4.49. The van der Waals surface area contributed by atoms with E-state index in [1.54, 1.807) is 6.20 Å². The molecule has 5 heteroatoms. The van der Waals surface area contributed by atoms with Gasteiger partial charge in [0.25, 0.3) is 0 Å². The van der Waals surface area contributed by atoms with Crippen molar-refractivity contribution in [3.8, 4) is 0 Å². The molecule has 2 rings (SSSR count). The van der Waals surface area contributed by atoms with Crippen LogP contribution in [-0.2, 0) is 13.0 Å². The van der Waals surface area contributed by atoms with Crippen LogP contribution in [0.25, 0.3) is 11.2 Å². The number of halogens is 2. The molecule has 0 bridgehead atoms. The molecule has 0 aliphatic rings. The van der Waals surface area contributed by atoms with Gasteiger partial charge >= 0.3 is 0 Å². The third-order valence-corrected chi connectivity index (χ3v) is 2.89. The molecule has 0 N–H and O–H groups in total. The van der Waals surface area contributed by atoms with E-state index in [2.05, 4.69) is 37.4 Å². The van der Waals surface area contributed by atoms with Crippen molar-refractivity contribution in [2.45, 2.75) is 19.9 Å². The summed E-state index contributed by atoms with van der Waals surface area (Å²) in [5.74, 6) is 1.60. The van der Waals surface area contributed by atoms with E-state index in [9.17, 15) is 0 Å². The number of alkyl halides is 1. The van der Waals surface area contributed by atoms with E-state index in [0.717, 1.165) is 34.4 Å². The minimum absolute atomic E-state index is 0.588. The molecule has 80 valence electrons. The number of nitrogens with zero attached hydrogens (tertiary/aromatic N) is 3. The molecule has 0 saturated heterocycles. The Morgan fingerprint density at radius 3 is 3.00 bits per heavy atom. The van der Waals surface area contributed by atoms with Crippen molar-refractivity contribution in [1.82, 2.24) is 14.5 Å². The van der Waals surface area contributed by atoms with Gasteiger partial charge in [-0.2, -0.15) is 0 Å². The molecule has 0 fully saturated rings. The molecule has 0 radical (unpaired) electrons. The van der Waals surface area contributed by atoms with Crippen molar-refractivity contribution in [2.75, 3.05) is 5.88 Å². The number of rotatable bonds is 3. The number of pyridine rings is 1. The molecule has 2 aromatic rings. The van der Waals surface area contributed by atoms with Crippen molar-refractivity contribution < 1.29 is 0 Å². The predicted octanol–water partition coefficient (Wildman–Crippen LogP) is 3.00. The van der Waals surface area contributed by atoms with E-state index in [0.29, 0.717) is 5.88 Å². The Morgan fingerprint density at radius 1 is 1.53 bits per heavy atom. The zero-order chi connectivity index (χ0) is 10.8. The molecule has 0 aliphatic heterocycles. The van der Waals surface area contributed by atoms with Crippen molar-refractivity contribution in [1.29, 1.82) is 0 Å².